The van der Waals surface area contributed by atoms with Gasteiger partial charge >= 0.3 is 6.09 Å². The molecule has 0 aliphatic carbocycles. The maximum Gasteiger partial charge on any atom is 0.410 e. The van der Waals surface area contributed by atoms with E-state index in [9.17, 15) is 9.90 Å². The molecule has 24 heavy (non-hydrogen) atoms. The van der Waals surface area contributed by atoms with Crippen molar-refractivity contribution in [3.05, 3.63) is 28.4 Å². The van der Waals surface area contributed by atoms with Crippen LogP contribution < -0.4 is 0 Å². The van der Waals surface area contributed by atoms with Gasteiger partial charge in [0.15, 0.2) is 0 Å². The normalized spacial score (nSPS) is 18.4. The number of rotatable bonds is 2. The summed E-state index contributed by atoms with van der Waals surface area (Å²) in [4.78, 5) is 14.0. The molecule has 1 fully saturated rings. The Morgan fingerprint density at radius 2 is 2.21 bits per heavy atom. The lowest BCUT2D eigenvalue weighted by Gasteiger charge is -2.24. The molecule has 1 aromatic carbocycles. The van der Waals surface area contributed by atoms with Gasteiger partial charge in [0.2, 0.25) is 0 Å². The fraction of sp³-hybridized carbons (Fsp3) is 0.529. The Labute approximate surface area is 149 Å². The zero-order valence-corrected chi connectivity index (χ0v) is 15.7. The Morgan fingerprint density at radius 3 is 2.88 bits per heavy atom. The lowest BCUT2D eigenvalue weighted by atomic mass is 10.2. The molecule has 1 aromatic heterocycles. The summed E-state index contributed by atoms with van der Waals surface area (Å²) in [5.41, 5.74) is 1.13. The van der Waals surface area contributed by atoms with Gasteiger partial charge in [0, 0.05) is 22.9 Å². The molecular weight excluding hydrogens is 374 g/mol. The smallest absolute Gasteiger partial charge is 0.410 e. The average Bonchev–Trinajstić information content (AvgIpc) is 3.09. The molecule has 7 heteroatoms. The third kappa shape index (κ3) is 3.42. The fourth-order valence-electron chi connectivity index (χ4n) is 3.01. The van der Waals surface area contributed by atoms with Crippen LogP contribution in [-0.2, 0) is 11.3 Å². The van der Waals surface area contributed by atoms with Crippen LogP contribution in [0.15, 0.2) is 22.7 Å². The standard InChI is InChI=1S/C17H22BrN3O3/c1-17(2,3)24-16(23)20-7-6-12(9-20)21-15-5-4-11(18)8-13(15)14(10-22)19-21/h4-5,8,12,22H,6-7,9-10H2,1-3H3. The maximum atomic E-state index is 12.2. The molecule has 0 saturated carbocycles. The van der Waals surface area contributed by atoms with Crippen molar-refractivity contribution in [2.75, 3.05) is 13.1 Å². The predicted octanol–water partition coefficient (Wildman–Crippen LogP) is 3.47. The number of aliphatic hydroxyl groups excluding tert-OH is 1. The van der Waals surface area contributed by atoms with E-state index in [1.165, 1.54) is 0 Å². The first-order chi connectivity index (χ1) is 11.3. The van der Waals surface area contributed by atoms with Crippen LogP contribution in [0.5, 0.6) is 0 Å². The molecule has 1 aliphatic rings. The van der Waals surface area contributed by atoms with Crippen molar-refractivity contribution in [1.29, 1.82) is 0 Å². The summed E-state index contributed by atoms with van der Waals surface area (Å²) in [5.74, 6) is 0. The summed E-state index contributed by atoms with van der Waals surface area (Å²) >= 11 is 3.46. The molecule has 6 nitrogen and oxygen atoms in total. The SMILES string of the molecule is CC(C)(C)OC(=O)N1CCC(n2nc(CO)c3cc(Br)ccc32)C1. The van der Waals surface area contributed by atoms with E-state index in [-0.39, 0.29) is 18.7 Å². The van der Waals surface area contributed by atoms with Gasteiger partial charge in [-0.15, -0.1) is 0 Å². The quantitative estimate of drug-likeness (QED) is 0.844. The van der Waals surface area contributed by atoms with E-state index in [1.54, 1.807) is 4.90 Å². The Hall–Kier alpha value is -1.60. The van der Waals surface area contributed by atoms with Crippen LogP contribution in [0.2, 0.25) is 0 Å². The van der Waals surface area contributed by atoms with E-state index in [2.05, 4.69) is 21.0 Å². The number of carbonyl (C=O) groups is 1. The Balaban J connectivity index is 1.84. The number of halogens is 1. The Bertz CT molecular complexity index is 766. The number of hydrogen-bond donors (Lipinski definition) is 1. The highest BCUT2D eigenvalue weighted by Gasteiger charge is 2.32. The molecule has 1 aliphatic heterocycles. The van der Waals surface area contributed by atoms with E-state index >= 15 is 0 Å². The molecule has 1 atom stereocenters. The topological polar surface area (TPSA) is 67.6 Å². The van der Waals surface area contributed by atoms with Crippen molar-refractivity contribution in [3.63, 3.8) is 0 Å². The first-order valence-corrected chi connectivity index (χ1v) is 8.83. The van der Waals surface area contributed by atoms with Crippen LogP contribution in [0.25, 0.3) is 10.9 Å². The van der Waals surface area contributed by atoms with Gasteiger partial charge in [0.05, 0.1) is 23.9 Å². The Morgan fingerprint density at radius 1 is 1.46 bits per heavy atom. The second kappa shape index (κ2) is 6.37. The highest BCUT2D eigenvalue weighted by Crippen LogP contribution is 2.30. The highest BCUT2D eigenvalue weighted by molar-refractivity contribution is 9.10. The zero-order chi connectivity index (χ0) is 17.5. The van der Waals surface area contributed by atoms with E-state index in [0.717, 1.165) is 21.8 Å². The zero-order valence-electron chi connectivity index (χ0n) is 14.1. The minimum Gasteiger partial charge on any atom is -0.444 e. The van der Waals surface area contributed by atoms with Gasteiger partial charge in [0.25, 0.3) is 0 Å². The molecule has 2 aromatic rings. The molecule has 0 bridgehead atoms. The second-order valence-electron chi connectivity index (χ2n) is 7.08. The molecule has 2 heterocycles. The van der Waals surface area contributed by atoms with Crippen LogP contribution in [0, 0.1) is 0 Å². The molecule has 1 unspecified atom stereocenters. The van der Waals surface area contributed by atoms with Crippen molar-refractivity contribution >= 4 is 32.9 Å². The van der Waals surface area contributed by atoms with Gasteiger partial charge in [-0.3, -0.25) is 4.68 Å². The van der Waals surface area contributed by atoms with E-state index in [4.69, 9.17) is 4.74 Å². The van der Waals surface area contributed by atoms with Gasteiger partial charge in [-0.2, -0.15) is 5.10 Å². The third-order valence-electron chi connectivity index (χ3n) is 4.06. The fourth-order valence-corrected chi connectivity index (χ4v) is 3.37. The third-order valence-corrected chi connectivity index (χ3v) is 4.55. The van der Waals surface area contributed by atoms with Gasteiger partial charge in [-0.05, 0) is 45.4 Å². The lowest BCUT2D eigenvalue weighted by molar-refractivity contribution is 0.0288. The van der Waals surface area contributed by atoms with Crippen molar-refractivity contribution < 1.29 is 14.6 Å². The predicted molar refractivity (Wildman–Crippen MR) is 94.8 cm³/mol. The molecule has 1 N–H and O–H groups in total. The summed E-state index contributed by atoms with van der Waals surface area (Å²) in [7, 11) is 0. The minimum absolute atomic E-state index is 0.0847. The molecule has 3 rings (SSSR count). The molecular formula is C17H22BrN3O3. The van der Waals surface area contributed by atoms with Crippen LogP contribution >= 0.6 is 15.9 Å². The summed E-state index contributed by atoms with van der Waals surface area (Å²) < 4.78 is 8.32. The molecule has 130 valence electrons. The number of fused-ring (bicyclic) bond motifs is 1. The summed E-state index contributed by atoms with van der Waals surface area (Å²) in [6.07, 6.45) is 0.531. The molecule has 0 spiro atoms. The first-order valence-electron chi connectivity index (χ1n) is 8.04. The van der Waals surface area contributed by atoms with Crippen molar-refractivity contribution in [3.8, 4) is 0 Å². The number of aliphatic hydroxyl groups is 1. The van der Waals surface area contributed by atoms with Crippen LogP contribution in [-0.4, -0.2) is 44.6 Å². The number of nitrogens with zero attached hydrogens (tertiary/aromatic N) is 3. The summed E-state index contributed by atoms with van der Waals surface area (Å²) in [5, 5.41) is 15.1. The van der Waals surface area contributed by atoms with E-state index in [1.807, 2.05) is 43.7 Å². The molecule has 1 amide bonds. The van der Waals surface area contributed by atoms with Crippen LogP contribution in [0.4, 0.5) is 4.79 Å². The Kier molecular flexibility index (Phi) is 4.57. The number of amides is 1. The number of hydrogen-bond acceptors (Lipinski definition) is 4. The second-order valence-corrected chi connectivity index (χ2v) is 8.00. The van der Waals surface area contributed by atoms with Crippen molar-refractivity contribution in [1.82, 2.24) is 14.7 Å². The van der Waals surface area contributed by atoms with Crippen molar-refractivity contribution in [2.24, 2.45) is 0 Å². The number of benzene rings is 1. The summed E-state index contributed by atoms with van der Waals surface area (Å²) in [6.45, 7) is 6.70. The summed E-state index contributed by atoms with van der Waals surface area (Å²) in [6, 6.07) is 6.00. The number of ether oxygens (including phenoxy) is 1. The monoisotopic (exact) mass is 395 g/mol. The lowest BCUT2D eigenvalue weighted by Crippen LogP contribution is -2.35. The van der Waals surface area contributed by atoms with E-state index in [0.29, 0.717) is 18.8 Å². The minimum atomic E-state index is -0.496. The average molecular weight is 396 g/mol. The number of carbonyl (C=O) groups excluding carboxylic acids is 1. The van der Waals surface area contributed by atoms with Gasteiger partial charge in [-0.25, -0.2) is 4.79 Å². The maximum absolute atomic E-state index is 12.2. The number of likely N-dealkylation sites (tertiary alicyclic amines) is 1. The van der Waals surface area contributed by atoms with Gasteiger partial charge in [0.1, 0.15) is 5.60 Å². The highest BCUT2D eigenvalue weighted by atomic mass is 79.9. The first kappa shape index (κ1) is 17.2. The largest absolute Gasteiger partial charge is 0.444 e. The van der Waals surface area contributed by atoms with Crippen LogP contribution in [0.1, 0.15) is 38.9 Å². The molecule has 1 saturated heterocycles. The van der Waals surface area contributed by atoms with Gasteiger partial charge in [-0.1, -0.05) is 15.9 Å². The van der Waals surface area contributed by atoms with Crippen LogP contribution in [0.3, 0.4) is 0 Å². The number of aromatic nitrogens is 2. The van der Waals surface area contributed by atoms with E-state index < -0.39 is 5.60 Å². The van der Waals surface area contributed by atoms with Gasteiger partial charge < -0.3 is 14.7 Å². The molecule has 0 radical (unpaired) electrons. The van der Waals surface area contributed by atoms with Crippen molar-refractivity contribution in [2.45, 2.75) is 45.4 Å².